The third-order valence-corrected chi connectivity index (χ3v) is 3.38. The summed E-state index contributed by atoms with van der Waals surface area (Å²) >= 11 is 5.87. The Morgan fingerprint density at radius 1 is 1.11 bits per heavy atom. The molecule has 2 rings (SSSR count). The van der Waals surface area contributed by atoms with Crippen LogP contribution in [-0.2, 0) is 6.54 Å². The molecule has 0 aliphatic carbocycles. The number of halogens is 1. The van der Waals surface area contributed by atoms with E-state index < -0.39 is 0 Å². The van der Waals surface area contributed by atoms with Gasteiger partial charge < -0.3 is 10.1 Å². The fourth-order valence-electron chi connectivity index (χ4n) is 2.01. The predicted octanol–water partition coefficient (Wildman–Crippen LogP) is 4.20. The molecule has 0 radical (unpaired) electrons. The lowest BCUT2D eigenvalue weighted by Crippen LogP contribution is -2.18. The van der Waals surface area contributed by atoms with Gasteiger partial charge in [0.15, 0.2) is 0 Å². The minimum atomic E-state index is 0.229. The van der Waals surface area contributed by atoms with Crippen LogP contribution in [0.4, 0.5) is 0 Å². The zero-order valence-electron chi connectivity index (χ0n) is 11.2. The minimum Gasteiger partial charge on any atom is -0.496 e. The first-order chi connectivity index (χ1) is 9.20. The number of hydrogen-bond acceptors (Lipinski definition) is 2. The van der Waals surface area contributed by atoms with Gasteiger partial charge in [0.1, 0.15) is 5.75 Å². The molecule has 0 heterocycles. The van der Waals surface area contributed by atoms with Crippen molar-refractivity contribution in [3.63, 3.8) is 0 Å². The average Bonchev–Trinajstić information content (AvgIpc) is 2.46. The van der Waals surface area contributed by atoms with E-state index >= 15 is 0 Å². The molecule has 0 aliphatic rings. The lowest BCUT2D eigenvalue weighted by atomic mass is 10.1. The molecule has 2 aromatic rings. The molecule has 1 unspecified atom stereocenters. The molecule has 2 nitrogen and oxygen atoms in total. The van der Waals surface area contributed by atoms with Crippen LogP contribution in [0.25, 0.3) is 0 Å². The molecule has 0 saturated heterocycles. The van der Waals surface area contributed by atoms with Crippen LogP contribution in [0.3, 0.4) is 0 Å². The van der Waals surface area contributed by atoms with Gasteiger partial charge in [-0.1, -0.05) is 41.9 Å². The minimum absolute atomic E-state index is 0.229. The van der Waals surface area contributed by atoms with Crippen LogP contribution < -0.4 is 10.1 Å². The Morgan fingerprint density at radius 3 is 2.47 bits per heavy atom. The summed E-state index contributed by atoms with van der Waals surface area (Å²) < 4.78 is 5.38. The van der Waals surface area contributed by atoms with E-state index in [2.05, 4.69) is 18.3 Å². The highest BCUT2D eigenvalue weighted by molar-refractivity contribution is 6.30. The fraction of sp³-hybridized carbons (Fsp3) is 0.250. The van der Waals surface area contributed by atoms with Crippen molar-refractivity contribution in [3.05, 3.63) is 64.7 Å². The lowest BCUT2D eigenvalue weighted by Gasteiger charge is -2.17. The Kier molecular flexibility index (Phi) is 4.83. The van der Waals surface area contributed by atoms with Gasteiger partial charge in [0.05, 0.1) is 7.11 Å². The third kappa shape index (κ3) is 3.72. The summed E-state index contributed by atoms with van der Waals surface area (Å²) in [7, 11) is 1.70. The molecule has 3 heteroatoms. The van der Waals surface area contributed by atoms with E-state index in [-0.39, 0.29) is 6.04 Å². The molecule has 0 amide bonds. The van der Waals surface area contributed by atoms with E-state index in [0.717, 1.165) is 17.3 Å². The van der Waals surface area contributed by atoms with Gasteiger partial charge in [-0.3, -0.25) is 0 Å². The van der Waals surface area contributed by atoms with E-state index in [0.29, 0.717) is 0 Å². The second-order valence-electron chi connectivity index (χ2n) is 4.47. The summed E-state index contributed by atoms with van der Waals surface area (Å²) in [4.78, 5) is 0. The second-order valence-corrected chi connectivity index (χ2v) is 4.91. The third-order valence-electron chi connectivity index (χ3n) is 3.13. The Hall–Kier alpha value is -1.51. The van der Waals surface area contributed by atoms with E-state index in [1.54, 1.807) is 7.11 Å². The molecule has 19 heavy (non-hydrogen) atoms. The molecule has 2 aromatic carbocycles. The van der Waals surface area contributed by atoms with Gasteiger partial charge in [-0.05, 0) is 30.7 Å². The molecule has 0 aliphatic heterocycles. The van der Waals surface area contributed by atoms with Crippen molar-refractivity contribution in [1.29, 1.82) is 0 Å². The molecule has 0 spiro atoms. The second kappa shape index (κ2) is 6.60. The highest BCUT2D eigenvalue weighted by Crippen LogP contribution is 2.24. The van der Waals surface area contributed by atoms with Crippen molar-refractivity contribution in [2.75, 3.05) is 7.11 Å². The van der Waals surface area contributed by atoms with Crippen molar-refractivity contribution < 1.29 is 4.74 Å². The molecule has 0 saturated carbocycles. The molecular formula is C16H18ClNO. The number of para-hydroxylation sites is 1. The monoisotopic (exact) mass is 275 g/mol. The maximum absolute atomic E-state index is 5.87. The zero-order chi connectivity index (χ0) is 13.7. The number of benzene rings is 2. The predicted molar refractivity (Wildman–Crippen MR) is 79.7 cm³/mol. The quantitative estimate of drug-likeness (QED) is 0.883. The van der Waals surface area contributed by atoms with E-state index in [9.17, 15) is 0 Å². The molecule has 0 bridgehead atoms. The number of rotatable bonds is 5. The number of methoxy groups -OCH3 is 1. The van der Waals surface area contributed by atoms with Gasteiger partial charge in [-0.15, -0.1) is 0 Å². The van der Waals surface area contributed by atoms with Crippen LogP contribution in [0.1, 0.15) is 24.1 Å². The van der Waals surface area contributed by atoms with Crippen LogP contribution in [0.5, 0.6) is 5.75 Å². The Labute approximate surface area is 119 Å². The zero-order valence-corrected chi connectivity index (χ0v) is 11.9. The van der Waals surface area contributed by atoms with Crippen molar-refractivity contribution >= 4 is 11.6 Å². The Morgan fingerprint density at radius 2 is 1.79 bits per heavy atom. The first-order valence-corrected chi connectivity index (χ1v) is 6.69. The van der Waals surface area contributed by atoms with E-state index in [1.165, 1.54) is 11.1 Å². The van der Waals surface area contributed by atoms with E-state index in [4.69, 9.17) is 16.3 Å². The van der Waals surface area contributed by atoms with Crippen LogP contribution in [0.2, 0.25) is 5.02 Å². The maximum atomic E-state index is 5.87. The lowest BCUT2D eigenvalue weighted by molar-refractivity contribution is 0.401. The SMILES string of the molecule is COc1ccccc1C(C)NCc1ccc(Cl)cc1. The van der Waals surface area contributed by atoms with Crippen LogP contribution >= 0.6 is 11.6 Å². The molecule has 0 aromatic heterocycles. The molecule has 100 valence electrons. The first-order valence-electron chi connectivity index (χ1n) is 6.31. The highest BCUT2D eigenvalue weighted by atomic mass is 35.5. The summed E-state index contributed by atoms with van der Waals surface area (Å²) in [6, 6.07) is 16.2. The van der Waals surface area contributed by atoms with Gasteiger partial charge in [0.25, 0.3) is 0 Å². The summed E-state index contributed by atoms with van der Waals surface area (Å²) in [6.45, 7) is 2.93. The Bertz CT molecular complexity index is 525. The molecule has 1 atom stereocenters. The van der Waals surface area contributed by atoms with Gasteiger partial charge in [0.2, 0.25) is 0 Å². The van der Waals surface area contributed by atoms with Crippen LogP contribution in [0.15, 0.2) is 48.5 Å². The Balaban J connectivity index is 2.01. The number of ether oxygens (including phenoxy) is 1. The van der Waals surface area contributed by atoms with Crippen molar-refractivity contribution in [1.82, 2.24) is 5.32 Å². The summed E-state index contributed by atoms with van der Waals surface area (Å²) in [5, 5.41) is 4.25. The summed E-state index contributed by atoms with van der Waals surface area (Å²) in [6.07, 6.45) is 0. The van der Waals surface area contributed by atoms with Gasteiger partial charge in [0, 0.05) is 23.2 Å². The van der Waals surface area contributed by atoms with Crippen LogP contribution in [0, 0.1) is 0 Å². The highest BCUT2D eigenvalue weighted by Gasteiger charge is 2.09. The maximum Gasteiger partial charge on any atom is 0.123 e. The average molecular weight is 276 g/mol. The van der Waals surface area contributed by atoms with Crippen molar-refractivity contribution in [3.8, 4) is 5.75 Å². The van der Waals surface area contributed by atoms with E-state index in [1.807, 2.05) is 42.5 Å². The first kappa shape index (κ1) is 13.9. The standard InChI is InChI=1S/C16H18ClNO/c1-12(15-5-3-4-6-16(15)19-2)18-11-13-7-9-14(17)10-8-13/h3-10,12,18H,11H2,1-2H3. The number of hydrogen-bond donors (Lipinski definition) is 1. The summed E-state index contributed by atoms with van der Waals surface area (Å²) in [5.74, 6) is 0.915. The van der Waals surface area contributed by atoms with Crippen LogP contribution in [-0.4, -0.2) is 7.11 Å². The smallest absolute Gasteiger partial charge is 0.123 e. The molecular weight excluding hydrogens is 258 g/mol. The molecule has 0 fully saturated rings. The van der Waals surface area contributed by atoms with Crippen molar-refractivity contribution in [2.45, 2.75) is 19.5 Å². The summed E-state index contributed by atoms with van der Waals surface area (Å²) in [5.41, 5.74) is 2.38. The van der Waals surface area contributed by atoms with Gasteiger partial charge >= 0.3 is 0 Å². The topological polar surface area (TPSA) is 21.3 Å². The normalized spacial score (nSPS) is 12.2. The largest absolute Gasteiger partial charge is 0.496 e. The van der Waals surface area contributed by atoms with Crippen molar-refractivity contribution in [2.24, 2.45) is 0 Å². The van der Waals surface area contributed by atoms with Gasteiger partial charge in [-0.25, -0.2) is 0 Å². The number of nitrogens with one attached hydrogen (secondary N) is 1. The van der Waals surface area contributed by atoms with Gasteiger partial charge in [-0.2, -0.15) is 0 Å². The molecule has 1 N–H and O–H groups in total. The fourth-order valence-corrected chi connectivity index (χ4v) is 2.13.